The van der Waals surface area contributed by atoms with Crippen molar-refractivity contribution in [2.24, 2.45) is 13.0 Å². The first kappa shape index (κ1) is 17.9. The highest BCUT2D eigenvalue weighted by molar-refractivity contribution is 5.96. The molecule has 1 aliphatic heterocycles. The second-order valence-corrected chi connectivity index (χ2v) is 6.72. The minimum atomic E-state index is -0.176. The molecule has 3 aromatic rings. The van der Waals surface area contributed by atoms with E-state index in [1.807, 2.05) is 24.3 Å². The van der Waals surface area contributed by atoms with Crippen molar-refractivity contribution in [3.63, 3.8) is 0 Å². The average Bonchev–Trinajstić information content (AvgIpc) is 3.09. The van der Waals surface area contributed by atoms with E-state index in [0.29, 0.717) is 23.9 Å². The van der Waals surface area contributed by atoms with Gasteiger partial charge < -0.3 is 15.0 Å². The summed E-state index contributed by atoms with van der Waals surface area (Å²) in [6.07, 6.45) is 5.13. The molecule has 1 N–H and O–H groups in total. The molecule has 1 amide bonds. The summed E-state index contributed by atoms with van der Waals surface area (Å²) in [6.45, 7) is 2.25. The summed E-state index contributed by atoms with van der Waals surface area (Å²) < 4.78 is 6.69. The lowest BCUT2D eigenvalue weighted by Gasteiger charge is -2.39. The number of aromatic nitrogens is 5. The predicted molar refractivity (Wildman–Crippen MR) is 103 cm³/mol. The molecular formula is C19H21N7O2. The van der Waals surface area contributed by atoms with Gasteiger partial charge in [-0.25, -0.2) is 0 Å². The number of pyridine rings is 1. The Bertz CT molecular complexity index is 950. The van der Waals surface area contributed by atoms with Gasteiger partial charge in [0.1, 0.15) is 5.56 Å². The molecule has 0 bridgehead atoms. The molecule has 0 aliphatic carbocycles. The monoisotopic (exact) mass is 379 g/mol. The summed E-state index contributed by atoms with van der Waals surface area (Å²) in [6, 6.07) is 7.74. The number of ether oxygens (including phenoxy) is 1. The van der Waals surface area contributed by atoms with Gasteiger partial charge in [-0.1, -0.05) is 0 Å². The van der Waals surface area contributed by atoms with Crippen molar-refractivity contribution in [2.45, 2.75) is 0 Å². The lowest BCUT2D eigenvalue weighted by molar-refractivity contribution is 0.0941. The number of nitrogens with zero attached hydrogens (tertiary/aromatic N) is 6. The Morgan fingerprint density at radius 2 is 2.00 bits per heavy atom. The number of rotatable bonds is 6. The van der Waals surface area contributed by atoms with E-state index in [-0.39, 0.29) is 5.91 Å². The quantitative estimate of drug-likeness (QED) is 0.686. The van der Waals surface area contributed by atoms with Crippen LogP contribution >= 0.6 is 0 Å². The Morgan fingerprint density at radius 1 is 1.21 bits per heavy atom. The minimum Gasteiger partial charge on any atom is -0.479 e. The highest BCUT2D eigenvalue weighted by Crippen LogP contribution is 2.24. The van der Waals surface area contributed by atoms with Gasteiger partial charge in [0.15, 0.2) is 5.82 Å². The number of hydrogen-bond donors (Lipinski definition) is 1. The lowest BCUT2D eigenvalue weighted by Crippen LogP contribution is -2.51. The number of methoxy groups -OCH3 is 1. The molecule has 0 aromatic carbocycles. The Hall–Kier alpha value is -3.49. The lowest BCUT2D eigenvalue weighted by atomic mass is 10.00. The zero-order valence-corrected chi connectivity index (χ0v) is 15.7. The maximum absolute atomic E-state index is 12.3. The normalized spacial score (nSPS) is 13.9. The summed E-state index contributed by atoms with van der Waals surface area (Å²) in [4.78, 5) is 18.5. The Morgan fingerprint density at radius 3 is 2.68 bits per heavy atom. The van der Waals surface area contributed by atoms with E-state index in [4.69, 9.17) is 4.74 Å². The summed E-state index contributed by atoms with van der Waals surface area (Å²) in [7, 11) is 3.26. The molecule has 9 heteroatoms. The maximum atomic E-state index is 12.3. The number of carbonyl (C=O) groups excluding carboxylic acids is 1. The molecule has 28 heavy (non-hydrogen) atoms. The number of aryl methyl sites for hydroxylation is 1. The second-order valence-electron chi connectivity index (χ2n) is 6.72. The Labute approximate surface area is 162 Å². The Balaban J connectivity index is 1.28. The molecule has 1 aliphatic rings. The Kier molecular flexibility index (Phi) is 4.88. The minimum absolute atomic E-state index is 0.176. The SMILES string of the molecule is COc1nn(C)cc1C(=O)NCC1CN(c2ccc(-c3ccncc3)nn2)C1. The molecule has 3 aromatic heterocycles. The fraction of sp³-hybridized carbons (Fsp3) is 0.316. The van der Waals surface area contributed by atoms with Crippen molar-refractivity contribution in [1.82, 2.24) is 30.3 Å². The van der Waals surface area contributed by atoms with Gasteiger partial charge >= 0.3 is 0 Å². The van der Waals surface area contributed by atoms with E-state index in [2.05, 4.69) is 30.5 Å². The standard InChI is InChI=1S/C19H21N7O2/c1-25-12-15(19(24-25)28-2)18(27)21-9-13-10-26(11-13)17-4-3-16(22-23-17)14-5-7-20-8-6-14/h3-8,12-13H,9-11H2,1-2H3,(H,21,27). The molecule has 0 saturated carbocycles. The smallest absolute Gasteiger partial charge is 0.258 e. The van der Waals surface area contributed by atoms with E-state index in [1.165, 1.54) is 7.11 Å². The summed E-state index contributed by atoms with van der Waals surface area (Å²) in [5.74, 6) is 1.37. The molecule has 4 heterocycles. The van der Waals surface area contributed by atoms with E-state index in [9.17, 15) is 4.79 Å². The third-order valence-electron chi connectivity index (χ3n) is 4.69. The van der Waals surface area contributed by atoms with Gasteiger partial charge in [-0.05, 0) is 24.3 Å². The van der Waals surface area contributed by atoms with E-state index < -0.39 is 0 Å². The predicted octanol–water partition coefficient (Wildman–Crippen LogP) is 1.15. The van der Waals surface area contributed by atoms with Crippen LogP contribution in [0.25, 0.3) is 11.3 Å². The van der Waals surface area contributed by atoms with Crippen molar-refractivity contribution in [3.8, 4) is 17.1 Å². The molecule has 9 nitrogen and oxygen atoms in total. The van der Waals surface area contributed by atoms with Crippen molar-refractivity contribution in [3.05, 3.63) is 48.4 Å². The number of amides is 1. The van der Waals surface area contributed by atoms with Crippen LogP contribution in [0.5, 0.6) is 5.88 Å². The van der Waals surface area contributed by atoms with E-state index in [0.717, 1.165) is 30.2 Å². The van der Waals surface area contributed by atoms with Crippen molar-refractivity contribution in [1.29, 1.82) is 0 Å². The molecular weight excluding hydrogens is 358 g/mol. The van der Waals surface area contributed by atoms with Crippen molar-refractivity contribution in [2.75, 3.05) is 31.6 Å². The van der Waals surface area contributed by atoms with Crippen LogP contribution in [0, 0.1) is 5.92 Å². The van der Waals surface area contributed by atoms with Gasteiger partial charge in [-0.15, -0.1) is 15.3 Å². The highest BCUT2D eigenvalue weighted by atomic mass is 16.5. The summed E-state index contributed by atoms with van der Waals surface area (Å²) in [5.41, 5.74) is 2.25. The van der Waals surface area contributed by atoms with Gasteiger partial charge in [0.05, 0.1) is 12.8 Å². The van der Waals surface area contributed by atoms with Crippen LogP contribution in [-0.4, -0.2) is 57.6 Å². The van der Waals surface area contributed by atoms with E-state index >= 15 is 0 Å². The molecule has 1 fully saturated rings. The van der Waals surface area contributed by atoms with Gasteiger partial charge in [-0.2, -0.15) is 0 Å². The number of carbonyl (C=O) groups is 1. The molecule has 1 saturated heterocycles. The van der Waals surface area contributed by atoms with E-state index in [1.54, 1.807) is 30.3 Å². The zero-order chi connectivity index (χ0) is 19.5. The molecule has 0 atom stereocenters. The highest BCUT2D eigenvalue weighted by Gasteiger charge is 2.29. The first-order valence-corrected chi connectivity index (χ1v) is 8.99. The van der Waals surface area contributed by atoms with Crippen LogP contribution < -0.4 is 15.0 Å². The fourth-order valence-corrected chi connectivity index (χ4v) is 3.16. The first-order valence-electron chi connectivity index (χ1n) is 8.99. The average molecular weight is 379 g/mol. The maximum Gasteiger partial charge on any atom is 0.258 e. The topological polar surface area (TPSA) is 98.1 Å². The van der Waals surface area contributed by atoms with Crippen LogP contribution in [-0.2, 0) is 7.05 Å². The number of nitrogens with one attached hydrogen (secondary N) is 1. The van der Waals surface area contributed by atoms with Crippen LogP contribution in [0.1, 0.15) is 10.4 Å². The molecule has 4 rings (SSSR count). The largest absolute Gasteiger partial charge is 0.479 e. The number of hydrogen-bond acceptors (Lipinski definition) is 7. The first-order chi connectivity index (χ1) is 13.6. The summed E-state index contributed by atoms with van der Waals surface area (Å²) in [5, 5.41) is 15.7. The van der Waals surface area contributed by atoms with Gasteiger partial charge in [0, 0.05) is 56.8 Å². The van der Waals surface area contributed by atoms with Crippen LogP contribution in [0.15, 0.2) is 42.9 Å². The molecule has 144 valence electrons. The van der Waals surface area contributed by atoms with Gasteiger partial charge in [0.2, 0.25) is 5.88 Å². The third kappa shape index (κ3) is 3.64. The van der Waals surface area contributed by atoms with Gasteiger partial charge in [0.25, 0.3) is 5.91 Å². The van der Waals surface area contributed by atoms with Crippen molar-refractivity contribution >= 4 is 11.7 Å². The number of anilines is 1. The fourth-order valence-electron chi connectivity index (χ4n) is 3.16. The zero-order valence-electron chi connectivity index (χ0n) is 15.7. The molecule has 0 radical (unpaired) electrons. The molecule has 0 spiro atoms. The van der Waals surface area contributed by atoms with Crippen LogP contribution in [0.4, 0.5) is 5.82 Å². The van der Waals surface area contributed by atoms with Crippen molar-refractivity contribution < 1.29 is 9.53 Å². The second kappa shape index (κ2) is 7.63. The van der Waals surface area contributed by atoms with Crippen LogP contribution in [0.2, 0.25) is 0 Å². The third-order valence-corrected chi connectivity index (χ3v) is 4.69. The summed E-state index contributed by atoms with van der Waals surface area (Å²) >= 11 is 0. The van der Waals surface area contributed by atoms with Gasteiger partial charge in [-0.3, -0.25) is 14.5 Å². The molecule has 0 unspecified atom stereocenters. The van der Waals surface area contributed by atoms with Crippen LogP contribution in [0.3, 0.4) is 0 Å².